The Morgan fingerprint density at radius 3 is 2.55 bits per heavy atom. The van der Waals surface area contributed by atoms with Crippen LogP contribution in [0.3, 0.4) is 0 Å². The van der Waals surface area contributed by atoms with Gasteiger partial charge in [0.1, 0.15) is 0 Å². The van der Waals surface area contributed by atoms with Crippen LogP contribution in [0, 0.1) is 5.92 Å². The first-order valence-electron chi connectivity index (χ1n) is 6.48. The van der Waals surface area contributed by atoms with E-state index in [0.717, 1.165) is 10.0 Å². The number of carboxylic acids is 1. The van der Waals surface area contributed by atoms with Crippen molar-refractivity contribution >= 4 is 27.9 Å². The maximum absolute atomic E-state index is 12.0. The molecular weight excluding hydrogens is 324 g/mol. The van der Waals surface area contributed by atoms with Gasteiger partial charge in [0.15, 0.2) is 0 Å². The van der Waals surface area contributed by atoms with E-state index in [4.69, 9.17) is 5.11 Å². The first-order chi connectivity index (χ1) is 9.45. The minimum atomic E-state index is -0.807. The molecule has 0 aromatic heterocycles. The summed E-state index contributed by atoms with van der Waals surface area (Å²) >= 11 is 3.37. The first-order valence-corrected chi connectivity index (χ1v) is 7.27. The van der Waals surface area contributed by atoms with Crippen LogP contribution in [0.1, 0.15) is 24.9 Å². The number of amides is 2. The van der Waals surface area contributed by atoms with Gasteiger partial charge in [-0.05, 0) is 24.6 Å². The molecule has 108 valence electrons. The fourth-order valence-corrected chi connectivity index (χ4v) is 2.49. The number of carbonyl (C=O) groups is 2. The number of nitrogens with one attached hydrogen (secondary N) is 1. The van der Waals surface area contributed by atoms with Gasteiger partial charge < -0.3 is 15.3 Å². The van der Waals surface area contributed by atoms with Crippen LogP contribution in [0.15, 0.2) is 28.7 Å². The lowest BCUT2D eigenvalue weighted by atomic mass is 9.97. The fraction of sp³-hybridized carbons (Fsp3) is 0.429. The van der Waals surface area contributed by atoms with Gasteiger partial charge >= 0.3 is 12.0 Å². The minimum absolute atomic E-state index is 0.0749. The Balaban J connectivity index is 1.80. The van der Waals surface area contributed by atoms with Crippen LogP contribution >= 0.6 is 15.9 Å². The van der Waals surface area contributed by atoms with Crippen molar-refractivity contribution in [2.24, 2.45) is 5.92 Å². The highest BCUT2D eigenvalue weighted by atomic mass is 79.9. The third-order valence-electron chi connectivity index (χ3n) is 3.42. The van der Waals surface area contributed by atoms with Gasteiger partial charge in [-0.3, -0.25) is 4.79 Å². The maximum atomic E-state index is 12.0. The number of urea groups is 1. The predicted molar refractivity (Wildman–Crippen MR) is 78.4 cm³/mol. The lowest BCUT2D eigenvalue weighted by molar-refractivity contribution is -0.139. The molecule has 1 aromatic carbocycles. The van der Waals surface area contributed by atoms with Crippen molar-refractivity contribution in [2.45, 2.75) is 19.4 Å². The van der Waals surface area contributed by atoms with E-state index < -0.39 is 5.97 Å². The molecule has 1 saturated heterocycles. The molecule has 2 N–H and O–H groups in total. The van der Waals surface area contributed by atoms with Gasteiger partial charge in [-0.15, -0.1) is 0 Å². The standard InChI is InChI=1S/C14H17BrN2O3/c1-9(11-2-4-12(15)5-3-11)16-14(20)17-7-10(8-17)6-13(18)19/h2-5,9-10H,6-8H2,1H3,(H,16,20)(H,18,19). The van der Waals surface area contributed by atoms with Crippen molar-refractivity contribution in [2.75, 3.05) is 13.1 Å². The third kappa shape index (κ3) is 3.72. The summed E-state index contributed by atoms with van der Waals surface area (Å²) in [5.74, 6) is -0.723. The monoisotopic (exact) mass is 340 g/mol. The molecule has 0 saturated carbocycles. The smallest absolute Gasteiger partial charge is 0.317 e. The molecule has 1 heterocycles. The topological polar surface area (TPSA) is 69.6 Å². The number of likely N-dealkylation sites (tertiary alicyclic amines) is 1. The van der Waals surface area contributed by atoms with Crippen molar-refractivity contribution in [1.29, 1.82) is 0 Å². The van der Waals surface area contributed by atoms with Crippen molar-refractivity contribution in [3.63, 3.8) is 0 Å². The SMILES string of the molecule is CC(NC(=O)N1CC(CC(=O)O)C1)c1ccc(Br)cc1. The third-order valence-corrected chi connectivity index (χ3v) is 3.95. The van der Waals surface area contributed by atoms with E-state index >= 15 is 0 Å². The lowest BCUT2D eigenvalue weighted by Crippen LogP contribution is -2.54. The van der Waals surface area contributed by atoms with E-state index in [1.54, 1.807) is 4.90 Å². The summed E-state index contributed by atoms with van der Waals surface area (Å²) in [6, 6.07) is 7.57. The summed E-state index contributed by atoms with van der Waals surface area (Å²) in [7, 11) is 0. The first kappa shape index (κ1) is 14.8. The van der Waals surface area contributed by atoms with Crippen LogP contribution in [-0.2, 0) is 4.79 Å². The number of hydrogen-bond acceptors (Lipinski definition) is 2. The van der Waals surface area contributed by atoms with E-state index in [0.29, 0.717) is 13.1 Å². The molecule has 1 unspecified atom stereocenters. The Hall–Kier alpha value is -1.56. The summed E-state index contributed by atoms with van der Waals surface area (Å²) in [5, 5.41) is 11.6. The van der Waals surface area contributed by atoms with E-state index in [9.17, 15) is 9.59 Å². The molecular formula is C14H17BrN2O3. The summed E-state index contributed by atoms with van der Waals surface area (Å²) in [4.78, 5) is 24.2. The number of nitrogens with zero attached hydrogens (tertiary/aromatic N) is 1. The Labute approximate surface area is 126 Å². The van der Waals surface area contributed by atoms with Gasteiger partial charge in [0.2, 0.25) is 0 Å². The molecule has 0 radical (unpaired) electrons. The summed E-state index contributed by atoms with van der Waals surface area (Å²) in [6.45, 7) is 2.96. The Bertz CT molecular complexity index is 498. The van der Waals surface area contributed by atoms with E-state index in [-0.39, 0.29) is 24.4 Å². The molecule has 6 heteroatoms. The number of carbonyl (C=O) groups excluding carboxylic acids is 1. The molecule has 1 fully saturated rings. The van der Waals surface area contributed by atoms with Crippen LogP contribution in [-0.4, -0.2) is 35.1 Å². The van der Waals surface area contributed by atoms with Crippen molar-refractivity contribution in [3.05, 3.63) is 34.3 Å². The van der Waals surface area contributed by atoms with Crippen LogP contribution in [0.5, 0.6) is 0 Å². The quantitative estimate of drug-likeness (QED) is 0.885. The van der Waals surface area contributed by atoms with Crippen molar-refractivity contribution in [1.82, 2.24) is 10.2 Å². The van der Waals surface area contributed by atoms with E-state index in [2.05, 4.69) is 21.2 Å². The molecule has 1 aliphatic rings. The Kier molecular flexibility index (Phi) is 4.65. The van der Waals surface area contributed by atoms with Crippen LogP contribution in [0.4, 0.5) is 4.79 Å². The van der Waals surface area contributed by atoms with E-state index in [1.807, 2.05) is 31.2 Å². The van der Waals surface area contributed by atoms with Gasteiger partial charge in [0.05, 0.1) is 12.5 Å². The predicted octanol–water partition coefficient (Wildman–Crippen LogP) is 2.63. The number of carboxylic acid groups (broad SMARTS) is 1. The van der Waals surface area contributed by atoms with Gasteiger partial charge in [0.25, 0.3) is 0 Å². The van der Waals surface area contributed by atoms with Gasteiger partial charge in [-0.25, -0.2) is 4.79 Å². The van der Waals surface area contributed by atoms with Crippen LogP contribution in [0.25, 0.3) is 0 Å². The maximum Gasteiger partial charge on any atom is 0.317 e. The molecule has 2 amide bonds. The van der Waals surface area contributed by atoms with Gasteiger partial charge in [-0.2, -0.15) is 0 Å². The van der Waals surface area contributed by atoms with E-state index in [1.165, 1.54) is 0 Å². The normalized spacial score (nSPS) is 16.4. The molecule has 20 heavy (non-hydrogen) atoms. The molecule has 1 aliphatic heterocycles. The van der Waals surface area contributed by atoms with Gasteiger partial charge in [0, 0.05) is 23.5 Å². The van der Waals surface area contributed by atoms with Crippen LogP contribution < -0.4 is 5.32 Å². The second-order valence-electron chi connectivity index (χ2n) is 5.09. The Morgan fingerprint density at radius 1 is 1.40 bits per heavy atom. The summed E-state index contributed by atoms with van der Waals surface area (Å²) < 4.78 is 0.999. The number of rotatable bonds is 4. The summed E-state index contributed by atoms with van der Waals surface area (Å²) in [5.41, 5.74) is 1.03. The van der Waals surface area contributed by atoms with Crippen LogP contribution in [0.2, 0.25) is 0 Å². The van der Waals surface area contributed by atoms with Crippen molar-refractivity contribution in [3.8, 4) is 0 Å². The average Bonchev–Trinajstić information content (AvgIpc) is 2.33. The zero-order valence-corrected chi connectivity index (χ0v) is 12.8. The molecule has 5 nitrogen and oxygen atoms in total. The highest BCUT2D eigenvalue weighted by molar-refractivity contribution is 9.10. The Morgan fingerprint density at radius 2 is 2.00 bits per heavy atom. The lowest BCUT2D eigenvalue weighted by Gasteiger charge is -2.39. The summed E-state index contributed by atoms with van der Waals surface area (Å²) in [6.07, 6.45) is 0.131. The zero-order chi connectivity index (χ0) is 14.7. The number of hydrogen-bond donors (Lipinski definition) is 2. The highest BCUT2D eigenvalue weighted by Gasteiger charge is 2.32. The molecule has 0 spiro atoms. The highest BCUT2D eigenvalue weighted by Crippen LogP contribution is 2.21. The largest absolute Gasteiger partial charge is 0.481 e. The molecule has 0 aliphatic carbocycles. The second kappa shape index (κ2) is 6.26. The molecule has 1 atom stereocenters. The van der Waals surface area contributed by atoms with Gasteiger partial charge in [-0.1, -0.05) is 28.1 Å². The molecule has 0 bridgehead atoms. The van der Waals surface area contributed by atoms with Crippen molar-refractivity contribution < 1.29 is 14.7 Å². The average molecular weight is 341 g/mol. The zero-order valence-electron chi connectivity index (χ0n) is 11.2. The number of benzene rings is 1. The minimum Gasteiger partial charge on any atom is -0.481 e. The fourth-order valence-electron chi connectivity index (χ4n) is 2.22. The molecule has 1 aromatic rings. The number of aliphatic carboxylic acids is 1. The second-order valence-corrected chi connectivity index (χ2v) is 6.01. The molecule has 2 rings (SSSR count). The number of halogens is 1.